The molecule has 2 aromatic heterocycles. The molecule has 0 aliphatic rings. The Labute approximate surface area is 197 Å². The van der Waals surface area contributed by atoms with Gasteiger partial charge in [-0.1, -0.05) is 66.4 Å². The first-order chi connectivity index (χ1) is 15.3. The maximum atomic E-state index is 5.81. The van der Waals surface area contributed by atoms with Crippen LogP contribution in [-0.2, 0) is 13.0 Å². The standard InChI is InChI=1S/C25H25N5S.ClH/c26-13-5-14-30-24(20-11-10-18-6-1-2-7-19(18)16-20)28-29-25(30)31-15-12-21-17-27-23-9-4-3-8-22(21)23;/h1-4,6-11,16-17,27H,5,12-15,26H2;1H. The number of hydrogen-bond donors (Lipinski definition) is 2. The fraction of sp³-hybridized carbons (Fsp3) is 0.200. The van der Waals surface area contributed by atoms with Gasteiger partial charge in [0.25, 0.3) is 0 Å². The SMILES string of the molecule is Cl.NCCCn1c(SCCc2c[nH]c3ccccc23)nnc1-c1ccc2ccccc2c1. The maximum absolute atomic E-state index is 5.81. The Morgan fingerprint density at radius 1 is 0.938 bits per heavy atom. The largest absolute Gasteiger partial charge is 0.361 e. The van der Waals surface area contributed by atoms with E-state index in [0.717, 1.165) is 41.7 Å². The smallest absolute Gasteiger partial charge is 0.191 e. The summed E-state index contributed by atoms with van der Waals surface area (Å²) in [6.45, 7) is 1.47. The van der Waals surface area contributed by atoms with Crippen molar-refractivity contribution in [1.29, 1.82) is 0 Å². The third kappa shape index (κ3) is 4.53. The number of nitrogens with zero attached hydrogens (tertiary/aromatic N) is 3. The van der Waals surface area contributed by atoms with Gasteiger partial charge in [-0.2, -0.15) is 0 Å². The highest BCUT2D eigenvalue weighted by molar-refractivity contribution is 7.99. The first kappa shape index (κ1) is 22.4. The quantitative estimate of drug-likeness (QED) is 0.290. The highest BCUT2D eigenvalue weighted by atomic mass is 35.5. The van der Waals surface area contributed by atoms with Crippen LogP contribution in [0.15, 0.2) is 78.1 Å². The van der Waals surface area contributed by atoms with Crippen molar-refractivity contribution in [2.75, 3.05) is 12.3 Å². The molecule has 0 saturated carbocycles. The molecule has 5 aromatic rings. The van der Waals surface area contributed by atoms with Crippen LogP contribution in [-0.4, -0.2) is 32.0 Å². The van der Waals surface area contributed by atoms with Gasteiger partial charge in [-0.15, -0.1) is 22.6 Å². The fourth-order valence-corrected chi connectivity index (χ4v) is 4.92. The lowest BCUT2D eigenvalue weighted by Crippen LogP contribution is -2.08. The van der Waals surface area contributed by atoms with Crippen LogP contribution in [0.25, 0.3) is 33.1 Å². The normalized spacial score (nSPS) is 11.2. The van der Waals surface area contributed by atoms with E-state index in [1.54, 1.807) is 11.8 Å². The van der Waals surface area contributed by atoms with Crippen molar-refractivity contribution in [3.63, 3.8) is 0 Å². The van der Waals surface area contributed by atoms with E-state index in [2.05, 4.69) is 92.7 Å². The zero-order valence-electron chi connectivity index (χ0n) is 17.7. The summed E-state index contributed by atoms with van der Waals surface area (Å²) in [6.07, 6.45) is 3.99. The van der Waals surface area contributed by atoms with E-state index in [9.17, 15) is 0 Å². The van der Waals surface area contributed by atoms with Gasteiger partial charge < -0.3 is 15.3 Å². The number of hydrogen-bond acceptors (Lipinski definition) is 4. The molecule has 0 aliphatic carbocycles. The summed E-state index contributed by atoms with van der Waals surface area (Å²) < 4.78 is 2.22. The Bertz CT molecular complexity index is 1330. The Kier molecular flexibility index (Phi) is 7.15. The van der Waals surface area contributed by atoms with Crippen LogP contribution in [0.1, 0.15) is 12.0 Å². The molecule has 164 valence electrons. The molecule has 0 spiro atoms. The van der Waals surface area contributed by atoms with Crippen molar-refractivity contribution in [3.05, 3.63) is 78.5 Å². The molecule has 0 unspecified atom stereocenters. The fourth-order valence-electron chi connectivity index (χ4n) is 3.98. The number of aryl methyl sites for hydroxylation is 1. The summed E-state index contributed by atoms with van der Waals surface area (Å²) in [5.41, 5.74) is 9.43. The van der Waals surface area contributed by atoms with Crippen molar-refractivity contribution >= 4 is 45.8 Å². The Balaban J connectivity index is 0.00000245. The predicted molar refractivity (Wildman–Crippen MR) is 137 cm³/mol. The number of aromatic nitrogens is 4. The molecule has 3 N–H and O–H groups in total. The lowest BCUT2D eigenvalue weighted by atomic mass is 10.1. The van der Waals surface area contributed by atoms with Crippen LogP contribution in [0.5, 0.6) is 0 Å². The molecule has 0 saturated heterocycles. The van der Waals surface area contributed by atoms with Crippen LogP contribution < -0.4 is 5.73 Å². The van der Waals surface area contributed by atoms with Gasteiger partial charge in [0.2, 0.25) is 0 Å². The van der Waals surface area contributed by atoms with Gasteiger partial charge >= 0.3 is 0 Å². The summed E-state index contributed by atoms with van der Waals surface area (Å²) >= 11 is 1.76. The number of rotatable bonds is 8. The number of nitrogens with one attached hydrogen (secondary N) is 1. The molecule has 3 aromatic carbocycles. The van der Waals surface area contributed by atoms with Gasteiger partial charge in [0.15, 0.2) is 11.0 Å². The number of thioether (sulfide) groups is 1. The first-order valence-electron chi connectivity index (χ1n) is 10.6. The number of halogens is 1. The summed E-state index contributed by atoms with van der Waals surface area (Å²) in [5, 5.41) is 13.8. The Hall–Kier alpha value is -2.80. The molecule has 0 amide bonds. The van der Waals surface area contributed by atoms with Gasteiger partial charge in [0.05, 0.1) is 0 Å². The third-order valence-corrected chi connectivity index (χ3v) is 6.56. The van der Waals surface area contributed by atoms with E-state index in [4.69, 9.17) is 5.73 Å². The molecule has 0 bridgehead atoms. The molecular weight excluding hydrogens is 438 g/mol. The summed E-state index contributed by atoms with van der Waals surface area (Å²) in [5.74, 6) is 1.86. The topological polar surface area (TPSA) is 72.5 Å². The van der Waals surface area contributed by atoms with Crippen molar-refractivity contribution in [2.24, 2.45) is 5.73 Å². The Morgan fingerprint density at radius 2 is 1.75 bits per heavy atom. The van der Waals surface area contributed by atoms with E-state index < -0.39 is 0 Å². The monoisotopic (exact) mass is 463 g/mol. The lowest BCUT2D eigenvalue weighted by Gasteiger charge is -2.10. The highest BCUT2D eigenvalue weighted by Crippen LogP contribution is 2.28. The number of H-pyrrole nitrogens is 1. The van der Waals surface area contributed by atoms with Crippen LogP contribution in [0.4, 0.5) is 0 Å². The molecule has 32 heavy (non-hydrogen) atoms. The molecule has 5 nitrogen and oxygen atoms in total. The molecule has 0 atom stereocenters. The molecule has 5 rings (SSSR count). The highest BCUT2D eigenvalue weighted by Gasteiger charge is 2.15. The third-order valence-electron chi connectivity index (χ3n) is 5.59. The van der Waals surface area contributed by atoms with E-state index in [1.807, 2.05) is 0 Å². The molecular formula is C25H26ClN5S. The van der Waals surface area contributed by atoms with E-state index >= 15 is 0 Å². The van der Waals surface area contributed by atoms with Gasteiger partial charge in [-0.3, -0.25) is 0 Å². The number of nitrogens with two attached hydrogens (primary N) is 1. The summed E-state index contributed by atoms with van der Waals surface area (Å²) in [4.78, 5) is 3.36. The van der Waals surface area contributed by atoms with Crippen molar-refractivity contribution in [1.82, 2.24) is 19.7 Å². The van der Waals surface area contributed by atoms with E-state index in [-0.39, 0.29) is 12.4 Å². The first-order valence-corrected chi connectivity index (χ1v) is 11.6. The number of para-hydroxylation sites is 1. The second-order valence-electron chi connectivity index (χ2n) is 7.62. The van der Waals surface area contributed by atoms with Crippen molar-refractivity contribution < 1.29 is 0 Å². The maximum Gasteiger partial charge on any atom is 0.191 e. The van der Waals surface area contributed by atoms with Crippen molar-refractivity contribution in [2.45, 2.75) is 24.5 Å². The van der Waals surface area contributed by atoms with Crippen molar-refractivity contribution in [3.8, 4) is 11.4 Å². The molecule has 0 fully saturated rings. The second kappa shape index (κ2) is 10.2. The summed E-state index contributed by atoms with van der Waals surface area (Å²) in [7, 11) is 0. The average molecular weight is 464 g/mol. The van der Waals surface area contributed by atoms with Crippen LogP contribution in [0.3, 0.4) is 0 Å². The van der Waals surface area contributed by atoms with Gasteiger partial charge in [0, 0.05) is 35.0 Å². The van der Waals surface area contributed by atoms with E-state index in [0.29, 0.717) is 6.54 Å². The second-order valence-corrected chi connectivity index (χ2v) is 8.68. The Morgan fingerprint density at radius 3 is 2.62 bits per heavy atom. The minimum absolute atomic E-state index is 0. The van der Waals surface area contributed by atoms with Gasteiger partial charge in [0.1, 0.15) is 0 Å². The predicted octanol–water partition coefficient (Wildman–Crippen LogP) is 5.69. The zero-order chi connectivity index (χ0) is 21.0. The minimum atomic E-state index is 0. The van der Waals surface area contributed by atoms with Gasteiger partial charge in [-0.05, 0) is 47.9 Å². The molecule has 0 aliphatic heterocycles. The summed E-state index contributed by atoms with van der Waals surface area (Å²) in [6, 6.07) is 23.3. The number of fused-ring (bicyclic) bond motifs is 2. The van der Waals surface area contributed by atoms with E-state index in [1.165, 1.54) is 27.2 Å². The molecule has 0 radical (unpaired) electrons. The number of aromatic amines is 1. The number of benzene rings is 3. The average Bonchev–Trinajstić information content (AvgIpc) is 3.41. The molecule has 7 heteroatoms. The minimum Gasteiger partial charge on any atom is -0.361 e. The molecule has 2 heterocycles. The van der Waals surface area contributed by atoms with Crippen LogP contribution >= 0.6 is 24.2 Å². The lowest BCUT2D eigenvalue weighted by molar-refractivity contribution is 0.606. The van der Waals surface area contributed by atoms with Crippen LogP contribution in [0, 0.1) is 0 Å². The zero-order valence-corrected chi connectivity index (χ0v) is 19.3. The van der Waals surface area contributed by atoms with Gasteiger partial charge in [-0.25, -0.2) is 0 Å². The van der Waals surface area contributed by atoms with Crippen LogP contribution in [0.2, 0.25) is 0 Å².